The number of rotatable bonds is 1. The molecule has 2 aromatic rings. The number of nitrogen functional groups attached to an aromatic ring is 1. The van der Waals surface area contributed by atoms with Gasteiger partial charge in [0.25, 0.3) is 5.91 Å². The zero-order valence-corrected chi connectivity index (χ0v) is 12.4. The monoisotopic (exact) mass is 332 g/mol. The van der Waals surface area contributed by atoms with Crippen molar-refractivity contribution in [2.75, 3.05) is 5.73 Å². The maximum atomic E-state index is 12.3. The van der Waals surface area contributed by atoms with Gasteiger partial charge in [-0.2, -0.15) is 0 Å². The summed E-state index contributed by atoms with van der Waals surface area (Å²) in [4.78, 5) is 20.5. The van der Waals surface area contributed by atoms with E-state index in [0.29, 0.717) is 23.4 Å². The minimum Gasteiger partial charge on any atom is -0.368 e. The van der Waals surface area contributed by atoms with Crippen molar-refractivity contribution < 1.29 is 4.79 Å². The van der Waals surface area contributed by atoms with Crippen LogP contribution in [0.3, 0.4) is 0 Å². The van der Waals surface area contributed by atoms with Crippen LogP contribution < -0.4 is 11.1 Å². The molecule has 1 atom stereocenters. The lowest BCUT2D eigenvalue weighted by Gasteiger charge is -2.26. The van der Waals surface area contributed by atoms with Crippen LogP contribution in [0.1, 0.15) is 33.4 Å². The normalized spacial score (nSPS) is 17.5. The molecule has 3 rings (SSSR count). The van der Waals surface area contributed by atoms with Crippen LogP contribution in [0.2, 0.25) is 0 Å². The molecule has 0 radical (unpaired) electrons. The number of carbonyl (C=O) groups excluding carboxylic acids is 1. The molecule has 3 N–H and O–H groups in total. The quantitative estimate of drug-likeness (QED) is 0.838. The predicted octanol–water partition coefficient (Wildman–Crippen LogP) is 2.16. The van der Waals surface area contributed by atoms with Crippen LogP contribution in [0.4, 0.5) is 5.95 Å². The number of hydrogen-bond donors (Lipinski definition) is 2. The number of fused-ring (bicyclic) bond motifs is 1. The lowest BCUT2D eigenvalue weighted by atomic mass is 9.94. The number of carbonyl (C=O) groups is 1. The number of benzene rings is 1. The van der Waals surface area contributed by atoms with E-state index in [2.05, 4.69) is 31.2 Å². The molecule has 0 saturated heterocycles. The van der Waals surface area contributed by atoms with Gasteiger partial charge in [-0.15, -0.1) is 0 Å². The van der Waals surface area contributed by atoms with E-state index in [9.17, 15) is 4.79 Å². The SMILES string of the molecule is Cc1nc(N)nc2c1C(=O)N[C@@H](c1ccccc1Br)C2. The van der Waals surface area contributed by atoms with Gasteiger partial charge >= 0.3 is 0 Å². The summed E-state index contributed by atoms with van der Waals surface area (Å²) < 4.78 is 0.965. The Bertz CT molecular complexity index is 702. The number of halogens is 1. The average molecular weight is 333 g/mol. The summed E-state index contributed by atoms with van der Waals surface area (Å²) in [5.74, 6) is 0.0614. The molecule has 0 unspecified atom stereocenters. The van der Waals surface area contributed by atoms with Crippen LogP contribution in [0.5, 0.6) is 0 Å². The van der Waals surface area contributed by atoms with Crippen molar-refractivity contribution in [3.05, 3.63) is 51.3 Å². The molecule has 0 aliphatic carbocycles. The molecule has 6 heteroatoms. The molecule has 102 valence electrons. The number of anilines is 1. The second-order valence-electron chi connectivity index (χ2n) is 4.74. The Kier molecular flexibility index (Phi) is 3.17. The first-order valence-electron chi connectivity index (χ1n) is 6.24. The molecule has 1 aromatic heterocycles. The zero-order chi connectivity index (χ0) is 14.3. The molecule has 2 heterocycles. The molecular formula is C14H13BrN4O. The van der Waals surface area contributed by atoms with E-state index in [-0.39, 0.29) is 17.9 Å². The maximum absolute atomic E-state index is 12.3. The third-order valence-electron chi connectivity index (χ3n) is 3.39. The minimum atomic E-state index is -0.149. The van der Waals surface area contributed by atoms with Crippen LogP contribution in [0.25, 0.3) is 0 Å². The number of amides is 1. The number of nitrogens with two attached hydrogens (primary N) is 1. The van der Waals surface area contributed by atoms with Crippen molar-refractivity contribution in [1.82, 2.24) is 15.3 Å². The molecule has 20 heavy (non-hydrogen) atoms. The Labute approximate surface area is 124 Å². The van der Waals surface area contributed by atoms with Crippen molar-refractivity contribution in [2.24, 2.45) is 0 Å². The molecule has 1 aliphatic heterocycles. The van der Waals surface area contributed by atoms with Gasteiger partial charge < -0.3 is 11.1 Å². The number of aromatic nitrogens is 2. The fraction of sp³-hybridized carbons (Fsp3) is 0.214. The fourth-order valence-corrected chi connectivity index (χ4v) is 3.08. The average Bonchev–Trinajstić information content (AvgIpc) is 2.37. The summed E-state index contributed by atoms with van der Waals surface area (Å²) in [6, 6.07) is 7.71. The third kappa shape index (κ3) is 2.16. The lowest BCUT2D eigenvalue weighted by molar-refractivity contribution is 0.0922. The highest BCUT2D eigenvalue weighted by molar-refractivity contribution is 9.10. The predicted molar refractivity (Wildman–Crippen MR) is 79.2 cm³/mol. The van der Waals surface area contributed by atoms with E-state index in [1.165, 1.54) is 0 Å². The highest BCUT2D eigenvalue weighted by Gasteiger charge is 2.29. The van der Waals surface area contributed by atoms with Crippen molar-refractivity contribution >= 4 is 27.8 Å². The second-order valence-corrected chi connectivity index (χ2v) is 5.59. The van der Waals surface area contributed by atoms with E-state index in [1.807, 2.05) is 24.3 Å². The molecule has 0 spiro atoms. The Balaban J connectivity index is 2.05. The molecule has 0 fully saturated rings. The van der Waals surface area contributed by atoms with Crippen LogP contribution in [0, 0.1) is 6.92 Å². The van der Waals surface area contributed by atoms with Crippen LogP contribution in [-0.2, 0) is 6.42 Å². The summed E-state index contributed by atoms with van der Waals surface area (Å²) in [6.07, 6.45) is 0.608. The molecular weight excluding hydrogens is 320 g/mol. The van der Waals surface area contributed by atoms with Gasteiger partial charge in [0.1, 0.15) is 0 Å². The summed E-state index contributed by atoms with van der Waals surface area (Å²) in [5, 5.41) is 3.00. The van der Waals surface area contributed by atoms with Crippen molar-refractivity contribution in [3.8, 4) is 0 Å². The van der Waals surface area contributed by atoms with E-state index in [1.54, 1.807) is 6.92 Å². The molecule has 1 aromatic carbocycles. The second kappa shape index (κ2) is 4.86. The van der Waals surface area contributed by atoms with Gasteiger partial charge in [-0.3, -0.25) is 4.79 Å². The first kappa shape index (κ1) is 13.1. The molecule has 5 nitrogen and oxygen atoms in total. The Morgan fingerprint density at radius 3 is 2.85 bits per heavy atom. The number of aryl methyl sites for hydroxylation is 1. The Hall–Kier alpha value is -1.95. The maximum Gasteiger partial charge on any atom is 0.255 e. The van der Waals surface area contributed by atoms with Gasteiger partial charge in [0, 0.05) is 10.9 Å². The van der Waals surface area contributed by atoms with Crippen molar-refractivity contribution in [1.29, 1.82) is 0 Å². The van der Waals surface area contributed by atoms with E-state index in [0.717, 1.165) is 10.0 Å². The van der Waals surface area contributed by atoms with Gasteiger partial charge in [0.2, 0.25) is 5.95 Å². The molecule has 1 aliphatic rings. The van der Waals surface area contributed by atoms with Crippen molar-refractivity contribution in [2.45, 2.75) is 19.4 Å². The highest BCUT2D eigenvalue weighted by atomic mass is 79.9. The summed E-state index contributed by atoms with van der Waals surface area (Å²) in [7, 11) is 0. The first-order chi connectivity index (χ1) is 9.56. The number of nitrogens with zero attached hydrogens (tertiary/aromatic N) is 2. The lowest BCUT2D eigenvalue weighted by Crippen LogP contribution is -2.37. The van der Waals surface area contributed by atoms with Gasteiger partial charge in [-0.25, -0.2) is 9.97 Å². The third-order valence-corrected chi connectivity index (χ3v) is 4.11. The van der Waals surface area contributed by atoms with Crippen LogP contribution in [-0.4, -0.2) is 15.9 Å². The Morgan fingerprint density at radius 1 is 1.35 bits per heavy atom. The Morgan fingerprint density at radius 2 is 2.10 bits per heavy atom. The van der Waals surface area contributed by atoms with Gasteiger partial charge in [-0.05, 0) is 18.6 Å². The summed E-state index contributed by atoms with van der Waals surface area (Å²) >= 11 is 3.51. The molecule has 0 bridgehead atoms. The van der Waals surface area contributed by atoms with E-state index >= 15 is 0 Å². The largest absolute Gasteiger partial charge is 0.368 e. The van der Waals surface area contributed by atoms with E-state index < -0.39 is 0 Å². The van der Waals surface area contributed by atoms with Gasteiger partial charge in [-0.1, -0.05) is 34.1 Å². The number of nitrogens with one attached hydrogen (secondary N) is 1. The fourth-order valence-electron chi connectivity index (χ4n) is 2.52. The highest BCUT2D eigenvalue weighted by Crippen LogP contribution is 2.30. The van der Waals surface area contributed by atoms with Gasteiger partial charge in [0.05, 0.1) is 23.0 Å². The summed E-state index contributed by atoms with van der Waals surface area (Å²) in [6.45, 7) is 1.77. The van der Waals surface area contributed by atoms with E-state index in [4.69, 9.17) is 5.73 Å². The van der Waals surface area contributed by atoms with Crippen molar-refractivity contribution in [3.63, 3.8) is 0 Å². The standard InChI is InChI=1S/C14H13BrN4O/c1-7-12-11(19-14(16)17-7)6-10(18-13(12)20)8-4-2-3-5-9(8)15/h2-5,10H,6H2,1H3,(H,18,20)(H2,16,17,19)/t10-/m1/s1. The number of hydrogen-bond acceptors (Lipinski definition) is 4. The smallest absolute Gasteiger partial charge is 0.255 e. The summed E-state index contributed by atoms with van der Waals surface area (Å²) in [5.41, 5.74) is 8.58. The first-order valence-corrected chi connectivity index (χ1v) is 7.04. The van der Waals surface area contributed by atoms with Crippen LogP contribution >= 0.6 is 15.9 Å². The van der Waals surface area contributed by atoms with Crippen LogP contribution in [0.15, 0.2) is 28.7 Å². The van der Waals surface area contributed by atoms with Gasteiger partial charge in [0.15, 0.2) is 0 Å². The minimum absolute atomic E-state index is 0.112. The molecule has 1 amide bonds. The zero-order valence-electron chi connectivity index (χ0n) is 10.9. The topological polar surface area (TPSA) is 80.9 Å². The molecule has 0 saturated carbocycles.